The number of aromatic hydroxyl groups is 1. The maximum Gasteiger partial charge on any atom is 0.177 e. The van der Waals surface area contributed by atoms with Crippen LogP contribution in [0, 0.1) is 12.3 Å². The second-order valence-electron chi connectivity index (χ2n) is 5.77. The van der Waals surface area contributed by atoms with Crippen molar-refractivity contribution in [2.75, 3.05) is 20.8 Å². The SMILES string of the molecule is C#CCO/N=C1/c2c(OC)cc(OC)cc2-c2[nH]c3ccc(O)cc3c21.Cl. The van der Waals surface area contributed by atoms with Gasteiger partial charge in [0.2, 0.25) is 0 Å². The van der Waals surface area contributed by atoms with Crippen LogP contribution in [0.4, 0.5) is 0 Å². The van der Waals surface area contributed by atoms with E-state index in [-0.39, 0.29) is 24.8 Å². The smallest absolute Gasteiger partial charge is 0.177 e. The summed E-state index contributed by atoms with van der Waals surface area (Å²) >= 11 is 0. The van der Waals surface area contributed by atoms with Crippen LogP contribution in [-0.4, -0.2) is 36.6 Å². The first kappa shape index (κ1) is 18.5. The Kier molecular flexibility index (Phi) is 4.89. The van der Waals surface area contributed by atoms with E-state index < -0.39 is 0 Å². The summed E-state index contributed by atoms with van der Waals surface area (Å²) in [5.41, 5.74) is 4.84. The van der Waals surface area contributed by atoms with Gasteiger partial charge in [-0.1, -0.05) is 11.1 Å². The van der Waals surface area contributed by atoms with Crippen molar-refractivity contribution in [3.8, 4) is 40.8 Å². The number of aromatic amines is 1. The highest BCUT2D eigenvalue weighted by Crippen LogP contribution is 2.46. The number of phenolic OH excluding ortho intramolecular Hbond substituents is 1. The Balaban J connectivity index is 0.00000210. The van der Waals surface area contributed by atoms with Gasteiger partial charge in [-0.25, -0.2) is 0 Å². The number of fused-ring (bicyclic) bond motifs is 5. The van der Waals surface area contributed by atoms with Gasteiger partial charge in [-0.3, -0.25) is 0 Å². The van der Waals surface area contributed by atoms with Crippen LogP contribution in [-0.2, 0) is 4.84 Å². The van der Waals surface area contributed by atoms with Gasteiger partial charge in [0.25, 0.3) is 0 Å². The quantitative estimate of drug-likeness (QED) is 0.319. The fourth-order valence-corrected chi connectivity index (χ4v) is 3.29. The summed E-state index contributed by atoms with van der Waals surface area (Å²) in [5.74, 6) is 3.85. The van der Waals surface area contributed by atoms with Crippen molar-refractivity contribution in [2.45, 2.75) is 0 Å². The molecule has 138 valence electrons. The van der Waals surface area contributed by atoms with E-state index in [9.17, 15) is 5.11 Å². The molecule has 0 radical (unpaired) electrons. The largest absolute Gasteiger partial charge is 0.508 e. The van der Waals surface area contributed by atoms with E-state index >= 15 is 0 Å². The molecule has 7 heteroatoms. The molecule has 3 aromatic rings. The molecule has 0 amide bonds. The van der Waals surface area contributed by atoms with Gasteiger partial charge in [-0.05, 0) is 24.3 Å². The molecule has 0 aliphatic heterocycles. The predicted molar refractivity (Wildman–Crippen MR) is 106 cm³/mol. The molecule has 0 unspecified atom stereocenters. The number of halogens is 1. The first-order chi connectivity index (χ1) is 12.7. The van der Waals surface area contributed by atoms with Crippen LogP contribution in [0.1, 0.15) is 11.1 Å². The Morgan fingerprint density at radius 3 is 2.67 bits per heavy atom. The van der Waals surface area contributed by atoms with Gasteiger partial charge in [-0.2, -0.15) is 0 Å². The van der Waals surface area contributed by atoms with E-state index in [0.717, 1.165) is 33.3 Å². The van der Waals surface area contributed by atoms with Gasteiger partial charge >= 0.3 is 0 Å². The van der Waals surface area contributed by atoms with Crippen molar-refractivity contribution in [1.29, 1.82) is 0 Å². The molecule has 0 spiro atoms. The minimum absolute atomic E-state index is 0. The van der Waals surface area contributed by atoms with Gasteiger partial charge in [0.15, 0.2) is 6.61 Å². The molecule has 2 aromatic carbocycles. The minimum Gasteiger partial charge on any atom is -0.508 e. The molecule has 0 bridgehead atoms. The molecule has 1 heterocycles. The summed E-state index contributed by atoms with van der Waals surface area (Å²) in [5, 5.41) is 15.0. The first-order valence-corrected chi connectivity index (χ1v) is 7.93. The molecule has 0 atom stereocenters. The van der Waals surface area contributed by atoms with Crippen molar-refractivity contribution >= 4 is 29.0 Å². The van der Waals surface area contributed by atoms with Gasteiger partial charge < -0.3 is 24.4 Å². The van der Waals surface area contributed by atoms with Crippen LogP contribution in [0.25, 0.3) is 22.2 Å². The van der Waals surface area contributed by atoms with E-state index in [2.05, 4.69) is 16.1 Å². The summed E-state index contributed by atoms with van der Waals surface area (Å²) in [7, 11) is 3.19. The lowest BCUT2D eigenvalue weighted by molar-refractivity contribution is 0.180. The normalized spacial score (nSPS) is 12.9. The molecular formula is C20H17ClN2O4. The van der Waals surface area contributed by atoms with Crippen LogP contribution >= 0.6 is 12.4 Å². The van der Waals surface area contributed by atoms with E-state index in [1.54, 1.807) is 32.4 Å². The molecule has 2 N–H and O–H groups in total. The number of oxime groups is 1. The lowest BCUT2D eigenvalue weighted by atomic mass is 10.0. The maximum absolute atomic E-state index is 9.92. The van der Waals surface area contributed by atoms with Gasteiger partial charge in [0.05, 0.1) is 25.5 Å². The van der Waals surface area contributed by atoms with Crippen LogP contribution in [0.2, 0.25) is 0 Å². The summed E-state index contributed by atoms with van der Waals surface area (Å²) in [6.45, 7) is 0.0558. The second-order valence-corrected chi connectivity index (χ2v) is 5.77. The van der Waals surface area contributed by atoms with E-state index in [1.165, 1.54) is 0 Å². The molecule has 1 aromatic heterocycles. The van der Waals surface area contributed by atoms with Crippen molar-refractivity contribution < 1.29 is 19.4 Å². The maximum atomic E-state index is 9.92. The number of ether oxygens (including phenoxy) is 2. The Hall–Kier alpha value is -3.30. The van der Waals surface area contributed by atoms with E-state index in [4.69, 9.17) is 20.7 Å². The van der Waals surface area contributed by atoms with Crippen molar-refractivity contribution in [3.05, 3.63) is 41.5 Å². The number of benzene rings is 2. The fourth-order valence-electron chi connectivity index (χ4n) is 3.29. The zero-order valence-corrected chi connectivity index (χ0v) is 15.5. The summed E-state index contributed by atoms with van der Waals surface area (Å²) in [4.78, 5) is 8.66. The number of terminal acetylenes is 1. The van der Waals surface area contributed by atoms with Gasteiger partial charge in [-0.15, -0.1) is 18.8 Å². The predicted octanol–water partition coefficient (Wildman–Crippen LogP) is 3.70. The second kappa shape index (κ2) is 7.14. The standard InChI is InChI=1S/C20H16N2O4.ClH/c1-4-7-26-22-20-17-14(9-12(24-2)10-16(17)25-3)19-18(20)13-8-11(23)5-6-15(13)21-19;/h1,5-6,8-10,21,23H,7H2,2-3H3;1H/b22-20-;. The van der Waals surface area contributed by atoms with Crippen LogP contribution < -0.4 is 9.47 Å². The lowest BCUT2D eigenvalue weighted by Gasteiger charge is -2.11. The Labute approximate surface area is 162 Å². The van der Waals surface area contributed by atoms with E-state index in [1.807, 2.05) is 12.1 Å². The van der Waals surface area contributed by atoms with Crippen molar-refractivity contribution in [2.24, 2.45) is 5.16 Å². The number of phenols is 1. The number of hydrogen-bond acceptors (Lipinski definition) is 5. The average molecular weight is 385 g/mol. The molecule has 1 aliphatic rings. The highest BCUT2D eigenvalue weighted by molar-refractivity contribution is 6.31. The number of methoxy groups -OCH3 is 2. The fraction of sp³-hybridized carbons (Fsp3) is 0.150. The molecule has 0 saturated heterocycles. The molecule has 4 rings (SSSR count). The van der Waals surface area contributed by atoms with Gasteiger partial charge in [0, 0.05) is 28.1 Å². The zero-order valence-electron chi connectivity index (χ0n) is 14.7. The monoisotopic (exact) mass is 384 g/mol. The third-order valence-corrected chi connectivity index (χ3v) is 4.36. The third-order valence-electron chi connectivity index (χ3n) is 4.36. The first-order valence-electron chi connectivity index (χ1n) is 7.93. The molecule has 0 saturated carbocycles. The van der Waals surface area contributed by atoms with Gasteiger partial charge in [0.1, 0.15) is 23.0 Å². The van der Waals surface area contributed by atoms with E-state index in [0.29, 0.717) is 17.2 Å². The molecule has 6 nitrogen and oxygen atoms in total. The summed E-state index contributed by atoms with van der Waals surface area (Å²) in [6.07, 6.45) is 5.26. The highest BCUT2D eigenvalue weighted by Gasteiger charge is 2.33. The number of rotatable bonds is 4. The van der Waals surface area contributed by atoms with Crippen molar-refractivity contribution in [3.63, 3.8) is 0 Å². The highest BCUT2D eigenvalue weighted by atomic mass is 35.5. The number of hydrogen-bond donors (Lipinski definition) is 2. The van der Waals surface area contributed by atoms with Crippen molar-refractivity contribution in [1.82, 2.24) is 4.98 Å². The van der Waals surface area contributed by atoms with Crippen LogP contribution in [0.15, 0.2) is 35.5 Å². The number of nitrogens with zero attached hydrogens (tertiary/aromatic N) is 1. The Morgan fingerprint density at radius 2 is 1.96 bits per heavy atom. The molecule has 27 heavy (non-hydrogen) atoms. The third kappa shape index (κ3) is 2.82. The zero-order chi connectivity index (χ0) is 18.3. The summed E-state index contributed by atoms with van der Waals surface area (Å²) in [6, 6.07) is 8.85. The topological polar surface area (TPSA) is 76.1 Å². The number of nitrogens with one attached hydrogen (secondary N) is 1. The summed E-state index contributed by atoms with van der Waals surface area (Å²) < 4.78 is 10.9. The molecule has 1 aliphatic carbocycles. The minimum atomic E-state index is 0. The average Bonchev–Trinajstić information content (AvgIpc) is 3.16. The molecule has 0 fully saturated rings. The van der Waals surface area contributed by atoms with Crippen LogP contribution in [0.5, 0.6) is 17.2 Å². The van der Waals surface area contributed by atoms with Crippen LogP contribution in [0.3, 0.4) is 0 Å². The Bertz CT molecular complexity index is 1100. The Morgan fingerprint density at radius 1 is 1.15 bits per heavy atom. The lowest BCUT2D eigenvalue weighted by Crippen LogP contribution is -2.03. The number of H-pyrrole nitrogens is 1. The number of aromatic nitrogens is 1. The molecular weight excluding hydrogens is 368 g/mol.